The summed E-state index contributed by atoms with van der Waals surface area (Å²) in [6.07, 6.45) is 1.27. The molecule has 0 heterocycles. The van der Waals surface area contributed by atoms with Crippen LogP contribution in [0, 0.1) is 0 Å². The lowest BCUT2D eigenvalue weighted by Gasteiger charge is -2.36. The van der Waals surface area contributed by atoms with Gasteiger partial charge in [-0.3, -0.25) is 0 Å². The van der Waals surface area contributed by atoms with Gasteiger partial charge >= 0.3 is 0 Å². The van der Waals surface area contributed by atoms with Crippen molar-refractivity contribution in [3.8, 4) is 0 Å². The Morgan fingerprint density at radius 2 is 1.94 bits per heavy atom. The Hall–Kier alpha value is -0.170. The lowest BCUT2D eigenvalue weighted by Crippen LogP contribution is -2.54. The van der Waals surface area contributed by atoms with Crippen molar-refractivity contribution in [3.63, 3.8) is 0 Å². The fraction of sp³-hybridized carbons (Fsp3) is 1.00. The second kappa shape index (κ2) is 7.43. The molecule has 0 spiro atoms. The first-order valence-electron chi connectivity index (χ1n) is 6.27. The lowest BCUT2D eigenvalue weighted by molar-refractivity contribution is -0.0171. The molecule has 110 valence electrons. The predicted octanol–water partition coefficient (Wildman–Crippen LogP) is 0.366. The standard InChI is InChI=1S/C12H28N2O3S/c1-7-13-11(12(2,3)17-5)10-14(4)8-9-18(6,15)16/h11,13H,7-10H2,1-6H3. The van der Waals surface area contributed by atoms with Crippen LogP contribution in [0.2, 0.25) is 0 Å². The third-order valence-electron chi connectivity index (χ3n) is 3.15. The Morgan fingerprint density at radius 3 is 2.33 bits per heavy atom. The quantitative estimate of drug-likeness (QED) is 0.661. The molecule has 18 heavy (non-hydrogen) atoms. The van der Waals surface area contributed by atoms with Crippen molar-refractivity contribution in [1.82, 2.24) is 10.2 Å². The maximum atomic E-state index is 11.1. The predicted molar refractivity (Wildman–Crippen MR) is 75.8 cm³/mol. The number of nitrogens with zero attached hydrogens (tertiary/aromatic N) is 1. The van der Waals surface area contributed by atoms with Gasteiger partial charge in [0.25, 0.3) is 0 Å². The Bertz CT molecular complexity index is 328. The van der Waals surface area contributed by atoms with Crippen LogP contribution in [0.4, 0.5) is 0 Å². The first-order valence-corrected chi connectivity index (χ1v) is 8.33. The van der Waals surface area contributed by atoms with E-state index in [1.807, 2.05) is 25.8 Å². The number of methoxy groups -OCH3 is 1. The molecule has 0 aromatic carbocycles. The molecule has 1 atom stereocenters. The molecule has 0 fully saturated rings. The number of ether oxygens (including phenoxy) is 1. The molecule has 0 aliphatic carbocycles. The van der Waals surface area contributed by atoms with E-state index in [0.717, 1.165) is 13.1 Å². The zero-order chi connectivity index (χ0) is 14.4. The fourth-order valence-electron chi connectivity index (χ4n) is 1.64. The molecule has 0 bridgehead atoms. The molecule has 0 aromatic heterocycles. The second-order valence-electron chi connectivity index (χ2n) is 5.31. The second-order valence-corrected chi connectivity index (χ2v) is 7.57. The molecule has 0 aliphatic heterocycles. The zero-order valence-electron chi connectivity index (χ0n) is 12.5. The number of sulfone groups is 1. The number of likely N-dealkylation sites (N-methyl/N-ethyl adjacent to an activating group) is 2. The molecule has 0 saturated carbocycles. The van der Waals surface area contributed by atoms with Gasteiger partial charge in [0.1, 0.15) is 9.84 Å². The summed E-state index contributed by atoms with van der Waals surface area (Å²) in [6, 6.07) is 0.164. The smallest absolute Gasteiger partial charge is 0.148 e. The van der Waals surface area contributed by atoms with E-state index in [2.05, 4.69) is 12.2 Å². The first kappa shape index (κ1) is 17.8. The summed E-state index contributed by atoms with van der Waals surface area (Å²) in [6.45, 7) is 8.27. The van der Waals surface area contributed by atoms with Gasteiger partial charge in [-0.1, -0.05) is 6.92 Å². The maximum absolute atomic E-state index is 11.1. The summed E-state index contributed by atoms with van der Waals surface area (Å²) in [4.78, 5) is 2.02. The molecular formula is C12H28N2O3S. The zero-order valence-corrected chi connectivity index (χ0v) is 13.3. The van der Waals surface area contributed by atoms with Crippen molar-refractivity contribution in [3.05, 3.63) is 0 Å². The molecule has 0 radical (unpaired) electrons. The van der Waals surface area contributed by atoms with Crippen LogP contribution in [-0.4, -0.2) is 70.8 Å². The van der Waals surface area contributed by atoms with Crippen molar-refractivity contribution < 1.29 is 13.2 Å². The molecule has 1 N–H and O–H groups in total. The van der Waals surface area contributed by atoms with Crippen molar-refractivity contribution in [1.29, 1.82) is 0 Å². The summed E-state index contributed by atoms with van der Waals surface area (Å²) in [5.74, 6) is 0.190. The number of hydrogen-bond acceptors (Lipinski definition) is 5. The molecule has 0 saturated heterocycles. The van der Waals surface area contributed by atoms with Crippen molar-refractivity contribution >= 4 is 9.84 Å². The molecule has 5 nitrogen and oxygen atoms in total. The SMILES string of the molecule is CCNC(CN(C)CCS(C)(=O)=O)C(C)(C)OC. The van der Waals surface area contributed by atoms with E-state index in [0.29, 0.717) is 6.54 Å². The molecule has 1 unspecified atom stereocenters. The van der Waals surface area contributed by atoms with E-state index in [9.17, 15) is 8.42 Å². The highest BCUT2D eigenvalue weighted by Crippen LogP contribution is 2.14. The minimum atomic E-state index is -2.90. The van der Waals surface area contributed by atoms with Crippen molar-refractivity contribution in [2.24, 2.45) is 0 Å². The monoisotopic (exact) mass is 280 g/mol. The van der Waals surface area contributed by atoms with E-state index in [1.54, 1.807) is 7.11 Å². The van der Waals surface area contributed by atoms with Crippen LogP contribution in [-0.2, 0) is 14.6 Å². The minimum absolute atomic E-state index is 0.164. The molecule has 0 aliphatic rings. The van der Waals surface area contributed by atoms with Crippen LogP contribution in [0.3, 0.4) is 0 Å². The highest BCUT2D eigenvalue weighted by atomic mass is 32.2. The van der Waals surface area contributed by atoms with Crippen LogP contribution in [0.25, 0.3) is 0 Å². The van der Waals surface area contributed by atoms with Crippen LogP contribution in [0.1, 0.15) is 20.8 Å². The van der Waals surface area contributed by atoms with E-state index >= 15 is 0 Å². The third kappa shape index (κ3) is 7.31. The highest BCUT2D eigenvalue weighted by Gasteiger charge is 2.29. The summed E-state index contributed by atoms with van der Waals surface area (Å²) in [7, 11) is 0.725. The topological polar surface area (TPSA) is 58.6 Å². The molecular weight excluding hydrogens is 252 g/mol. The van der Waals surface area contributed by atoms with Crippen LogP contribution < -0.4 is 5.32 Å². The minimum Gasteiger partial charge on any atom is -0.377 e. The Balaban J connectivity index is 4.41. The van der Waals surface area contributed by atoms with E-state index in [1.165, 1.54) is 6.26 Å². The average molecular weight is 280 g/mol. The number of hydrogen-bond donors (Lipinski definition) is 1. The van der Waals surface area contributed by atoms with E-state index < -0.39 is 9.84 Å². The largest absolute Gasteiger partial charge is 0.377 e. The van der Waals surface area contributed by atoms with Gasteiger partial charge in [0.2, 0.25) is 0 Å². The van der Waals surface area contributed by atoms with Gasteiger partial charge < -0.3 is 15.0 Å². The van der Waals surface area contributed by atoms with Crippen LogP contribution in [0.5, 0.6) is 0 Å². The van der Waals surface area contributed by atoms with E-state index in [4.69, 9.17) is 4.74 Å². The van der Waals surface area contributed by atoms with Crippen molar-refractivity contribution in [2.45, 2.75) is 32.4 Å². The Labute approximate surface area is 112 Å². The number of rotatable bonds is 9. The van der Waals surface area contributed by atoms with Gasteiger partial charge in [0.05, 0.1) is 11.4 Å². The van der Waals surface area contributed by atoms with Crippen molar-refractivity contribution in [2.75, 3.05) is 45.8 Å². The summed E-state index contributed by atoms with van der Waals surface area (Å²) in [5.41, 5.74) is -0.282. The maximum Gasteiger partial charge on any atom is 0.148 e. The van der Waals surface area contributed by atoms with Gasteiger partial charge in [-0.2, -0.15) is 0 Å². The molecule has 0 amide bonds. The fourth-order valence-corrected chi connectivity index (χ4v) is 2.29. The third-order valence-corrected chi connectivity index (χ3v) is 4.08. The van der Waals surface area contributed by atoms with Crippen LogP contribution >= 0.6 is 0 Å². The normalized spacial score (nSPS) is 15.1. The highest BCUT2D eigenvalue weighted by molar-refractivity contribution is 7.90. The van der Waals surface area contributed by atoms with E-state index in [-0.39, 0.29) is 17.4 Å². The van der Waals surface area contributed by atoms with Gasteiger partial charge in [-0.05, 0) is 27.4 Å². The Morgan fingerprint density at radius 1 is 1.39 bits per heavy atom. The lowest BCUT2D eigenvalue weighted by atomic mass is 9.98. The summed E-state index contributed by atoms with van der Waals surface area (Å²) in [5, 5.41) is 3.39. The van der Waals surface area contributed by atoms with Gasteiger partial charge in [-0.25, -0.2) is 8.42 Å². The molecule has 0 aromatic rings. The van der Waals surface area contributed by atoms with Gasteiger partial charge in [-0.15, -0.1) is 0 Å². The Kier molecular flexibility index (Phi) is 7.36. The number of nitrogens with one attached hydrogen (secondary N) is 1. The van der Waals surface area contributed by atoms with Crippen LogP contribution in [0.15, 0.2) is 0 Å². The van der Waals surface area contributed by atoms with Gasteiger partial charge in [0, 0.05) is 32.5 Å². The summed E-state index contributed by atoms with van der Waals surface area (Å²) >= 11 is 0. The van der Waals surface area contributed by atoms with Gasteiger partial charge in [0.15, 0.2) is 0 Å². The molecule has 6 heteroatoms. The first-order chi connectivity index (χ1) is 8.12. The average Bonchev–Trinajstić information content (AvgIpc) is 2.25. The summed E-state index contributed by atoms with van der Waals surface area (Å²) < 4.78 is 27.8. The molecule has 0 rings (SSSR count).